The molecule has 1 saturated heterocycles. The minimum atomic E-state index is -0.315. The molecule has 1 aromatic rings. The summed E-state index contributed by atoms with van der Waals surface area (Å²) in [7, 11) is 0. The molecule has 0 saturated carbocycles. The van der Waals surface area contributed by atoms with Crippen molar-refractivity contribution in [2.75, 3.05) is 13.1 Å². The number of hydrogen-bond acceptors (Lipinski definition) is 3. The lowest BCUT2D eigenvalue weighted by molar-refractivity contribution is -0.141. The van der Waals surface area contributed by atoms with Crippen molar-refractivity contribution < 1.29 is 4.79 Å². The van der Waals surface area contributed by atoms with E-state index in [0.29, 0.717) is 12.5 Å². The van der Waals surface area contributed by atoms with E-state index >= 15 is 0 Å². The van der Waals surface area contributed by atoms with Crippen molar-refractivity contribution in [2.45, 2.75) is 39.7 Å². The van der Waals surface area contributed by atoms with Crippen molar-refractivity contribution in [3.05, 3.63) is 22.4 Å². The summed E-state index contributed by atoms with van der Waals surface area (Å²) >= 11 is 1.73. The number of amides is 1. The van der Waals surface area contributed by atoms with E-state index in [1.165, 1.54) is 5.56 Å². The minimum Gasteiger partial charge on any atom is -0.340 e. The van der Waals surface area contributed by atoms with Gasteiger partial charge >= 0.3 is 0 Å². The number of likely N-dealkylation sites (tertiary alicyclic amines) is 1. The Morgan fingerprint density at radius 1 is 1.47 bits per heavy atom. The van der Waals surface area contributed by atoms with E-state index in [2.05, 4.69) is 16.8 Å². The standard InChI is InChI=1S/C15H24N2OS/c1-15(2,3)14(18)17-8-12(7-13(16)9-17)6-11-4-5-19-10-11/h4-5,10,12-13H,6-9,16H2,1-3H3. The van der Waals surface area contributed by atoms with Crippen molar-refractivity contribution in [1.82, 2.24) is 4.90 Å². The first-order chi connectivity index (χ1) is 8.86. The molecule has 19 heavy (non-hydrogen) atoms. The maximum Gasteiger partial charge on any atom is 0.228 e. The van der Waals surface area contributed by atoms with Gasteiger partial charge in [0.25, 0.3) is 0 Å². The van der Waals surface area contributed by atoms with E-state index in [9.17, 15) is 4.79 Å². The third kappa shape index (κ3) is 3.80. The van der Waals surface area contributed by atoms with Crippen LogP contribution in [0.25, 0.3) is 0 Å². The minimum absolute atomic E-state index is 0.115. The Balaban J connectivity index is 2.02. The fraction of sp³-hybridized carbons (Fsp3) is 0.667. The molecule has 0 radical (unpaired) electrons. The Bertz CT molecular complexity index is 422. The molecule has 106 valence electrons. The molecule has 0 aromatic carbocycles. The summed E-state index contributed by atoms with van der Waals surface area (Å²) in [5, 5.41) is 4.30. The molecule has 3 nitrogen and oxygen atoms in total. The molecule has 1 aliphatic heterocycles. The first-order valence-corrected chi connectivity index (χ1v) is 7.86. The first-order valence-electron chi connectivity index (χ1n) is 6.92. The molecule has 0 bridgehead atoms. The van der Waals surface area contributed by atoms with Gasteiger partial charge in [-0.25, -0.2) is 0 Å². The summed E-state index contributed by atoms with van der Waals surface area (Å²) in [5.74, 6) is 0.711. The number of rotatable bonds is 2. The van der Waals surface area contributed by atoms with Crippen molar-refractivity contribution in [3.8, 4) is 0 Å². The maximum atomic E-state index is 12.4. The van der Waals surface area contributed by atoms with Crippen LogP contribution in [0.5, 0.6) is 0 Å². The molecule has 1 aromatic heterocycles. The Morgan fingerprint density at radius 2 is 2.21 bits per heavy atom. The van der Waals surface area contributed by atoms with Crippen LogP contribution in [0.3, 0.4) is 0 Å². The fourth-order valence-corrected chi connectivity index (χ4v) is 3.46. The molecule has 2 N–H and O–H groups in total. The molecule has 2 rings (SSSR count). The van der Waals surface area contributed by atoms with Crippen LogP contribution >= 0.6 is 11.3 Å². The van der Waals surface area contributed by atoms with Gasteiger partial charge in [0.2, 0.25) is 5.91 Å². The molecule has 4 heteroatoms. The van der Waals surface area contributed by atoms with E-state index < -0.39 is 0 Å². The second-order valence-electron chi connectivity index (χ2n) is 6.66. The first kappa shape index (κ1) is 14.5. The van der Waals surface area contributed by atoms with Crippen molar-refractivity contribution in [1.29, 1.82) is 0 Å². The third-order valence-electron chi connectivity index (χ3n) is 3.60. The predicted molar refractivity (Wildman–Crippen MR) is 80.1 cm³/mol. The lowest BCUT2D eigenvalue weighted by Gasteiger charge is -2.39. The highest BCUT2D eigenvalue weighted by atomic mass is 32.1. The molecule has 1 aliphatic rings. The van der Waals surface area contributed by atoms with Gasteiger partial charge in [-0.15, -0.1) is 0 Å². The average molecular weight is 280 g/mol. The number of hydrogen-bond donors (Lipinski definition) is 1. The number of nitrogens with two attached hydrogens (primary N) is 1. The van der Waals surface area contributed by atoms with Gasteiger partial charge in [0.15, 0.2) is 0 Å². The van der Waals surface area contributed by atoms with Crippen LogP contribution in [-0.4, -0.2) is 29.9 Å². The van der Waals surface area contributed by atoms with E-state index in [1.54, 1.807) is 11.3 Å². The van der Waals surface area contributed by atoms with E-state index in [4.69, 9.17) is 5.73 Å². The van der Waals surface area contributed by atoms with E-state index in [0.717, 1.165) is 19.4 Å². The zero-order valence-corrected chi connectivity index (χ0v) is 12.9. The van der Waals surface area contributed by atoms with Gasteiger partial charge < -0.3 is 10.6 Å². The highest BCUT2D eigenvalue weighted by Crippen LogP contribution is 2.25. The van der Waals surface area contributed by atoms with Gasteiger partial charge in [-0.3, -0.25) is 4.79 Å². The van der Waals surface area contributed by atoms with Gasteiger partial charge in [0, 0.05) is 24.5 Å². The lowest BCUT2D eigenvalue weighted by atomic mass is 9.87. The monoisotopic (exact) mass is 280 g/mol. The van der Waals surface area contributed by atoms with Crippen LogP contribution in [0.1, 0.15) is 32.8 Å². The zero-order valence-electron chi connectivity index (χ0n) is 12.1. The highest BCUT2D eigenvalue weighted by Gasteiger charge is 2.33. The Kier molecular flexibility index (Phi) is 4.31. The predicted octanol–water partition coefficient (Wildman–Crippen LogP) is 2.51. The van der Waals surface area contributed by atoms with Crippen LogP contribution in [0.15, 0.2) is 16.8 Å². The van der Waals surface area contributed by atoms with Crippen LogP contribution in [0.2, 0.25) is 0 Å². The number of carbonyl (C=O) groups is 1. The molecule has 2 heterocycles. The molecule has 2 atom stereocenters. The van der Waals surface area contributed by atoms with Crippen molar-refractivity contribution in [2.24, 2.45) is 17.1 Å². The molecule has 2 unspecified atom stereocenters. The summed E-state index contributed by atoms with van der Waals surface area (Å²) in [5.41, 5.74) is 7.19. The molecule has 0 aliphatic carbocycles. The number of carbonyl (C=O) groups excluding carboxylic acids is 1. The molecular formula is C15H24N2OS. The van der Waals surface area contributed by atoms with Crippen molar-refractivity contribution >= 4 is 17.2 Å². The fourth-order valence-electron chi connectivity index (χ4n) is 2.78. The largest absolute Gasteiger partial charge is 0.340 e. The quantitative estimate of drug-likeness (QED) is 0.905. The summed E-state index contributed by atoms with van der Waals surface area (Å²) in [6.07, 6.45) is 2.05. The van der Waals surface area contributed by atoms with Gasteiger partial charge in [-0.05, 0) is 41.1 Å². The van der Waals surface area contributed by atoms with Gasteiger partial charge in [-0.1, -0.05) is 20.8 Å². The summed E-state index contributed by atoms with van der Waals surface area (Å²) < 4.78 is 0. The Morgan fingerprint density at radius 3 is 2.79 bits per heavy atom. The number of nitrogens with zero attached hydrogens (tertiary/aromatic N) is 1. The van der Waals surface area contributed by atoms with Crippen LogP contribution in [0.4, 0.5) is 0 Å². The Labute approximate surface area is 119 Å². The van der Waals surface area contributed by atoms with E-state index in [1.807, 2.05) is 25.7 Å². The smallest absolute Gasteiger partial charge is 0.228 e. The number of thiophene rings is 1. The SMILES string of the molecule is CC(C)(C)C(=O)N1CC(N)CC(Cc2ccsc2)C1. The maximum absolute atomic E-state index is 12.4. The third-order valence-corrected chi connectivity index (χ3v) is 4.33. The summed E-state index contributed by atoms with van der Waals surface area (Å²) in [6.45, 7) is 7.48. The molecule has 1 fully saturated rings. The lowest BCUT2D eigenvalue weighted by Crippen LogP contribution is -2.52. The second kappa shape index (κ2) is 5.63. The Hall–Kier alpha value is -0.870. The van der Waals surface area contributed by atoms with E-state index in [-0.39, 0.29) is 17.4 Å². The van der Waals surface area contributed by atoms with Gasteiger partial charge in [-0.2, -0.15) is 11.3 Å². The van der Waals surface area contributed by atoms with Crippen molar-refractivity contribution in [3.63, 3.8) is 0 Å². The van der Waals surface area contributed by atoms with Gasteiger partial charge in [0.1, 0.15) is 0 Å². The number of piperidine rings is 1. The average Bonchev–Trinajstić information content (AvgIpc) is 2.78. The molecule has 0 spiro atoms. The summed E-state index contributed by atoms with van der Waals surface area (Å²) in [6, 6.07) is 2.28. The highest BCUT2D eigenvalue weighted by molar-refractivity contribution is 7.07. The van der Waals surface area contributed by atoms with Crippen LogP contribution in [-0.2, 0) is 11.2 Å². The zero-order chi connectivity index (χ0) is 14.0. The van der Waals surface area contributed by atoms with Crippen LogP contribution < -0.4 is 5.73 Å². The molecular weight excluding hydrogens is 256 g/mol. The van der Waals surface area contributed by atoms with Gasteiger partial charge in [0.05, 0.1) is 0 Å². The summed E-state index contributed by atoms with van der Waals surface area (Å²) in [4.78, 5) is 14.3. The van der Waals surface area contributed by atoms with Crippen LogP contribution in [0, 0.1) is 11.3 Å². The topological polar surface area (TPSA) is 46.3 Å². The second-order valence-corrected chi connectivity index (χ2v) is 7.44. The normalized spacial score (nSPS) is 24.5. The molecule has 1 amide bonds.